The molecule has 1 fully saturated rings. The SMILES string of the molecule is COc1ccc(C(=O)N[C@@H]2CC(=O)N(c3ccc(OC)c(OC)c3)C2)cc1OC. The summed E-state index contributed by atoms with van der Waals surface area (Å²) in [6, 6.07) is 9.90. The van der Waals surface area contributed by atoms with Crippen LogP contribution in [0.25, 0.3) is 0 Å². The normalized spacial score (nSPS) is 15.8. The molecule has 3 rings (SSSR count). The first-order valence-electron chi connectivity index (χ1n) is 9.06. The molecule has 8 heteroatoms. The van der Waals surface area contributed by atoms with E-state index in [9.17, 15) is 9.59 Å². The van der Waals surface area contributed by atoms with Crippen LogP contribution in [0.2, 0.25) is 0 Å². The Morgan fingerprint density at radius 3 is 2.10 bits per heavy atom. The highest BCUT2D eigenvalue weighted by atomic mass is 16.5. The summed E-state index contributed by atoms with van der Waals surface area (Å²) < 4.78 is 21.0. The second kappa shape index (κ2) is 8.72. The number of methoxy groups -OCH3 is 4. The van der Waals surface area contributed by atoms with E-state index < -0.39 is 0 Å². The van der Waals surface area contributed by atoms with E-state index in [1.54, 1.807) is 55.5 Å². The Hall–Kier alpha value is -3.42. The molecule has 1 aliphatic rings. The van der Waals surface area contributed by atoms with Crippen molar-refractivity contribution in [2.24, 2.45) is 0 Å². The molecule has 29 heavy (non-hydrogen) atoms. The highest BCUT2D eigenvalue weighted by Gasteiger charge is 2.32. The Morgan fingerprint density at radius 2 is 1.48 bits per heavy atom. The zero-order valence-corrected chi connectivity index (χ0v) is 16.9. The van der Waals surface area contributed by atoms with E-state index in [1.807, 2.05) is 0 Å². The van der Waals surface area contributed by atoms with Gasteiger partial charge in [0.15, 0.2) is 23.0 Å². The quantitative estimate of drug-likeness (QED) is 0.767. The van der Waals surface area contributed by atoms with Gasteiger partial charge in [-0.2, -0.15) is 0 Å². The summed E-state index contributed by atoms with van der Waals surface area (Å²) >= 11 is 0. The zero-order valence-electron chi connectivity index (χ0n) is 16.9. The highest BCUT2D eigenvalue weighted by molar-refractivity contribution is 5.99. The first-order chi connectivity index (χ1) is 14.0. The van der Waals surface area contributed by atoms with Crippen LogP contribution in [0.5, 0.6) is 23.0 Å². The number of amides is 2. The third kappa shape index (κ3) is 4.21. The maximum absolute atomic E-state index is 12.6. The van der Waals surface area contributed by atoms with Crippen LogP contribution in [0.1, 0.15) is 16.8 Å². The molecule has 0 radical (unpaired) electrons. The lowest BCUT2D eigenvalue weighted by Crippen LogP contribution is -2.37. The van der Waals surface area contributed by atoms with Crippen LogP contribution in [0, 0.1) is 0 Å². The number of carbonyl (C=O) groups excluding carboxylic acids is 2. The lowest BCUT2D eigenvalue weighted by molar-refractivity contribution is -0.117. The van der Waals surface area contributed by atoms with Gasteiger partial charge in [0.2, 0.25) is 5.91 Å². The molecule has 8 nitrogen and oxygen atoms in total. The molecule has 0 bridgehead atoms. The van der Waals surface area contributed by atoms with Gasteiger partial charge in [-0.05, 0) is 30.3 Å². The molecular weight excluding hydrogens is 376 g/mol. The van der Waals surface area contributed by atoms with Crippen LogP contribution in [-0.2, 0) is 4.79 Å². The molecule has 1 atom stereocenters. The molecule has 0 saturated carbocycles. The smallest absolute Gasteiger partial charge is 0.251 e. The van der Waals surface area contributed by atoms with Crippen molar-refractivity contribution in [3.8, 4) is 23.0 Å². The van der Waals surface area contributed by atoms with Crippen LogP contribution in [0.4, 0.5) is 5.69 Å². The molecule has 1 heterocycles. The Kier molecular flexibility index (Phi) is 6.11. The fourth-order valence-electron chi connectivity index (χ4n) is 3.29. The number of nitrogens with one attached hydrogen (secondary N) is 1. The van der Waals surface area contributed by atoms with Crippen molar-refractivity contribution in [2.75, 3.05) is 39.9 Å². The summed E-state index contributed by atoms with van der Waals surface area (Å²) in [5.74, 6) is 1.78. The van der Waals surface area contributed by atoms with Crippen LogP contribution >= 0.6 is 0 Å². The Balaban J connectivity index is 1.71. The van der Waals surface area contributed by atoms with Gasteiger partial charge in [-0.25, -0.2) is 0 Å². The summed E-state index contributed by atoms with van der Waals surface area (Å²) in [7, 11) is 6.14. The lowest BCUT2D eigenvalue weighted by atomic mass is 10.1. The van der Waals surface area contributed by atoms with Crippen molar-refractivity contribution in [2.45, 2.75) is 12.5 Å². The largest absolute Gasteiger partial charge is 0.493 e. The van der Waals surface area contributed by atoms with E-state index in [2.05, 4.69) is 5.32 Å². The molecule has 2 aromatic carbocycles. The minimum Gasteiger partial charge on any atom is -0.493 e. The van der Waals surface area contributed by atoms with E-state index in [1.165, 1.54) is 14.2 Å². The van der Waals surface area contributed by atoms with Gasteiger partial charge >= 0.3 is 0 Å². The second-order valence-electron chi connectivity index (χ2n) is 6.49. The van der Waals surface area contributed by atoms with E-state index in [0.717, 1.165) is 0 Å². The number of anilines is 1. The van der Waals surface area contributed by atoms with Gasteiger partial charge in [0.25, 0.3) is 5.91 Å². The molecule has 0 aliphatic carbocycles. The number of nitrogens with zero attached hydrogens (tertiary/aromatic N) is 1. The molecule has 2 aromatic rings. The van der Waals surface area contributed by atoms with Crippen molar-refractivity contribution in [3.63, 3.8) is 0 Å². The van der Waals surface area contributed by atoms with Crippen molar-refractivity contribution < 1.29 is 28.5 Å². The molecule has 1 saturated heterocycles. The Bertz CT molecular complexity index is 914. The predicted molar refractivity (Wildman–Crippen MR) is 107 cm³/mol. The molecule has 1 N–H and O–H groups in total. The van der Waals surface area contributed by atoms with Gasteiger partial charge in [0, 0.05) is 30.3 Å². The van der Waals surface area contributed by atoms with Gasteiger partial charge in [0.1, 0.15) is 0 Å². The van der Waals surface area contributed by atoms with E-state index in [0.29, 0.717) is 40.8 Å². The Morgan fingerprint density at radius 1 is 0.897 bits per heavy atom. The van der Waals surface area contributed by atoms with Crippen LogP contribution in [0.15, 0.2) is 36.4 Å². The van der Waals surface area contributed by atoms with Crippen molar-refractivity contribution in [1.29, 1.82) is 0 Å². The number of hydrogen-bond donors (Lipinski definition) is 1. The van der Waals surface area contributed by atoms with Gasteiger partial charge in [0.05, 0.1) is 34.5 Å². The Labute approximate surface area is 169 Å². The summed E-state index contributed by atoms with van der Waals surface area (Å²) in [4.78, 5) is 26.8. The molecule has 0 spiro atoms. The molecule has 0 unspecified atom stereocenters. The average Bonchev–Trinajstić information content (AvgIpc) is 3.12. The average molecular weight is 400 g/mol. The van der Waals surface area contributed by atoms with Crippen LogP contribution in [0.3, 0.4) is 0 Å². The maximum Gasteiger partial charge on any atom is 0.251 e. The fourth-order valence-corrected chi connectivity index (χ4v) is 3.29. The summed E-state index contributed by atoms with van der Waals surface area (Å²) in [5.41, 5.74) is 1.12. The number of carbonyl (C=O) groups is 2. The van der Waals surface area contributed by atoms with Gasteiger partial charge in [-0.1, -0.05) is 0 Å². The number of benzene rings is 2. The topological polar surface area (TPSA) is 86.3 Å². The first-order valence-corrected chi connectivity index (χ1v) is 9.06. The lowest BCUT2D eigenvalue weighted by Gasteiger charge is -2.19. The number of rotatable bonds is 7. The van der Waals surface area contributed by atoms with E-state index in [-0.39, 0.29) is 24.3 Å². The molecule has 2 amide bonds. The third-order valence-electron chi connectivity index (χ3n) is 4.78. The standard InChI is InChI=1S/C21H24N2O6/c1-26-16-7-5-13(9-18(16)28-3)21(25)22-14-10-20(24)23(12-14)15-6-8-17(27-2)19(11-15)29-4/h5-9,11,14H,10,12H2,1-4H3,(H,22,25)/t14-/m1/s1. The van der Waals surface area contributed by atoms with Gasteiger partial charge in [-0.3, -0.25) is 9.59 Å². The van der Waals surface area contributed by atoms with Crippen LogP contribution in [-0.4, -0.2) is 52.8 Å². The number of hydrogen-bond acceptors (Lipinski definition) is 6. The third-order valence-corrected chi connectivity index (χ3v) is 4.78. The highest BCUT2D eigenvalue weighted by Crippen LogP contribution is 2.33. The summed E-state index contributed by atoms with van der Waals surface area (Å²) in [5, 5.41) is 2.91. The monoisotopic (exact) mass is 400 g/mol. The fraction of sp³-hybridized carbons (Fsp3) is 0.333. The van der Waals surface area contributed by atoms with Crippen molar-refractivity contribution >= 4 is 17.5 Å². The minimum atomic E-state index is -0.309. The molecule has 1 aliphatic heterocycles. The van der Waals surface area contributed by atoms with Crippen LogP contribution < -0.4 is 29.2 Å². The first kappa shape index (κ1) is 20.3. The molecule has 154 valence electrons. The summed E-state index contributed by atoms with van der Waals surface area (Å²) in [6.07, 6.45) is 0.216. The zero-order chi connectivity index (χ0) is 21.0. The molecular formula is C21H24N2O6. The van der Waals surface area contributed by atoms with E-state index in [4.69, 9.17) is 18.9 Å². The van der Waals surface area contributed by atoms with Crippen molar-refractivity contribution in [3.05, 3.63) is 42.0 Å². The van der Waals surface area contributed by atoms with Crippen molar-refractivity contribution in [1.82, 2.24) is 5.32 Å². The molecule has 0 aromatic heterocycles. The minimum absolute atomic E-state index is 0.0742. The summed E-state index contributed by atoms with van der Waals surface area (Å²) in [6.45, 7) is 0.368. The van der Waals surface area contributed by atoms with E-state index >= 15 is 0 Å². The number of ether oxygens (including phenoxy) is 4. The maximum atomic E-state index is 12.6. The van der Waals surface area contributed by atoms with Gasteiger partial charge in [-0.15, -0.1) is 0 Å². The van der Waals surface area contributed by atoms with Gasteiger partial charge < -0.3 is 29.2 Å². The predicted octanol–water partition coefficient (Wildman–Crippen LogP) is 2.26. The second-order valence-corrected chi connectivity index (χ2v) is 6.49.